The summed E-state index contributed by atoms with van der Waals surface area (Å²) in [5, 5.41) is 10.2. The molecule has 0 N–H and O–H groups in total. The van der Waals surface area contributed by atoms with Crippen LogP contribution in [-0.4, -0.2) is 19.2 Å². The third-order valence-electron chi connectivity index (χ3n) is 1.49. The zero-order valence-corrected chi connectivity index (χ0v) is 5.13. The molecule has 0 aromatic rings. The summed E-state index contributed by atoms with van der Waals surface area (Å²) in [7, 11) is 0. The van der Waals surface area contributed by atoms with Crippen molar-refractivity contribution in [1.29, 1.82) is 0 Å². The second-order valence-corrected chi connectivity index (χ2v) is 2.23. The number of carboxylic acids is 1. The summed E-state index contributed by atoms with van der Waals surface area (Å²) in [6.45, 7) is 1.03. The van der Waals surface area contributed by atoms with Crippen LogP contribution >= 0.6 is 0 Å². The van der Waals surface area contributed by atoms with Gasteiger partial charge in [0, 0.05) is 18.5 Å². The molecule has 1 aliphatic rings. The molecular formula is C6H9O3-. The lowest BCUT2D eigenvalue weighted by Gasteiger charge is -2.22. The van der Waals surface area contributed by atoms with Gasteiger partial charge in [0.05, 0.1) is 6.61 Å². The lowest BCUT2D eigenvalue weighted by atomic mass is 10.0. The van der Waals surface area contributed by atoms with Crippen molar-refractivity contribution in [2.45, 2.75) is 12.8 Å². The molecule has 0 spiro atoms. The van der Waals surface area contributed by atoms with Crippen molar-refractivity contribution in [1.82, 2.24) is 0 Å². The first kappa shape index (κ1) is 6.55. The largest absolute Gasteiger partial charge is 0.550 e. The Morgan fingerprint density at radius 1 is 1.67 bits per heavy atom. The molecule has 0 saturated carbocycles. The summed E-state index contributed by atoms with van der Waals surface area (Å²) in [6.07, 6.45) is 1.56. The number of carboxylic acid groups (broad SMARTS) is 1. The number of carbonyl (C=O) groups is 1. The fourth-order valence-corrected chi connectivity index (χ4v) is 0.927. The van der Waals surface area contributed by atoms with Gasteiger partial charge in [0.1, 0.15) is 0 Å². The highest BCUT2D eigenvalue weighted by Crippen LogP contribution is 2.11. The van der Waals surface area contributed by atoms with Gasteiger partial charge in [-0.2, -0.15) is 0 Å². The Labute approximate surface area is 53.6 Å². The van der Waals surface area contributed by atoms with Crippen LogP contribution in [0.2, 0.25) is 0 Å². The van der Waals surface area contributed by atoms with Gasteiger partial charge in [0.25, 0.3) is 0 Å². The van der Waals surface area contributed by atoms with E-state index in [1.54, 1.807) is 0 Å². The molecule has 52 valence electrons. The van der Waals surface area contributed by atoms with Crippen LogP contribution in [0.3, 0.4) is 0 Å². The Balaban J connectivity index is 2.31. The van der Waals surface area contributed by atoms with Crippen molar-refractivity contribution >= 4 is 5.97 Å². The van der Waals surface area contributed by atoms with E-state index in [1.165, 1.54) is 0 Å². The molecule has 1 aliphatic heterocycles. The number of hydrogen-bond donors (Lipinski definition) is 0. The first-order valence-electron chi connectivity index (χ1n) is 3.09. The number of rotatable bonds is 1. The van der Waals surface area contributed by atoms with Crippen LogP contribution in [0, 0.1) is 5.92 Å². The van der Waals surface area contributed by atoms with Gasteiger partial charge in [-0.1, -0.05) is 0 Å². The van der Waals surface area contributed by atoms with Gasteiger partial charge in [-0.25, -0.2) is 0 Å². The zero-order chi connectivity index (χ0) is 6.69. The van der Waals surface area contributed by atoms with E-state index in [-0.39, 0.29) is 5.92 Å². The Bertz CT molecular complexity index is 105. The predicted molar refractivity (Wildman–Crippen MR) is 28.5 cm³/mol. The lowest BCUT2D eigenvalue weighted by Crippen LogP contribution is -2.36. The van der Waals surface area contributed by atoms with Crippen LogP contribution in [-0.2, 0) is 9.53 Å². The van der Waals surface area contributed by atoms with Gasteiger partial charge < -0.3 is 14.6 Å². The molecule has 1 fully saturated rings. The summed E-state index contributed by atoms with van der Waals surface area (Å²) in [6, 6.07) is 0. The van der Waals surface area contributed by atoms with E-state index < -0.39 is 5.97 Å². The highest BCUT2D eigenvalue weighted by Gasteiger charge is 2.13. The maximum Gasteiger partial charge on any atom is 0.0546 e. The van der Waals surface area contributed by atoms with Crippen molar-refractivity contribution in [2.75, 3.05) is 13.2 Å². The minimum absolute atomic E-state index is 0.336. The number of ether oxygens (including phenoxy) is 1. The molecular weight excluding hydrogens is 120 g/mol. The molecule has 0 bridgehead atoms. The highest BCUT2D eigenvalue weighted by atomic mass is 16.5. The van der Waals surface area contributed by atoms with E-state index in [2.05, 4.69) is 0 Å². The standard InChI is InChI=1S/C6H10O3/c7-6(8)5-2-1-3-9-4-5/h5H,1-4H2,(H,7,8)/p-1. The van der Waals surface area contributed by atoms with E-state index in [4.69, 9.17) is 4.74 Å². The maximum absolute atomic E-state index is 10.2. The van der Waals surface area contributed by atoms with Gasteiger partial charge in [0.15, 0.2) is 0 Å². The quantitative estimate of drug-likeness (QED) is 0.464. The molecule has 1 unspecified atom stereocenters. The molecule has 0 aromatic carbocycles. The van der Waals surface area contributed by atoms with Gasteiger partial charge >= 0.3 is 0 Å². The average Bonchev–Trinajstić information content (AvgIpc) is 1.90. The van der Waals surface area contributed by atoms with E-state index in [9.17, 15) is 9.90 Å². The molecule has 1 atom stereocenters. The summed E-state index contributed by atoms with van der Waals surface area (Å²) in [5.41, 5.74) is 0. The Morgan fingerprint density at radius 2 is 2.44 bits per heavy atom. The van der Waals surface area contributed by atoms with Crippen LogP contribution < -0.4 is 5.11 Å². The minimum atomic E-state index is -0.977. The monoisotopic (exact) mass is 129 g/mol. The smallest absolute Gasteiger partial charge is 0.0546 e. The van der Waals surface area contributed by atoms with Crippen LogP contribution in [0.15, 0.2) is 0 Å². The minimum Gasteiger partial charge on any atom is -0.550 e. The number of aliphatic carboxylic acids is 1. The summed E-state index contributed by atoms with van der Waals surface area (Å²) in [4.78, 5) is 10.2. The molecule has 0 radical (unpaired) electrons. The Morgan fingerprint density at radius 3 is 2.78 bits per heavy atom. The van der Waals surface area contributed by atoms with Crippen molar-refractivity contribution in [3.63, 3.8) is 0 Å². The first-order valence-corrected chi connectivity index (χ1v) is 3.09. The third kappa shape index (κ3) is 1.68. The first-order chi connectivity index (χ1) is 4.30. The molecule has 9 heavy (non-hydrogen) atoms. The fourth-order valence-electron chi connectivity index (χ4n) is 0.927. The van der Waals surface area contributed by atoms with Crippen molar-refractivity contribution in [2.24, 2.45) is 5.92 Å². The van der Waals surface area contributed by atoms with Crippen LogP contribution in [0.4, 0.5) is 0 Å². The van der Waals surface area contributed by atoms with Gasteiger partial charge in [-0.05, 0) is 12.8 Å². The van der Waals surface area contributed by atoms with Crippen LogP contribution in [0.25, 0.3) is 0 Å². The number of carbonyl (C=O) groups excluding carboxylic acids is 1. The van der Waals surface area contributed by atoms with Crippen LogP contribution in [0.1, 0.15) is 12.8 Å². The Hall–Kier alpha value is -0.570. The molecule has 1 heterocycles. The summed E-state index contributed by atoms with van der Waals surface area (Å²) >= 11 is 0. The van der Waals surface area contributed by atoms with E-state index >= 15 is 0 Å². The van der Waals surface area contributed by atoms with Gasteiger partial charge in [-0.3, -0.25) is 0 Å². The van der Waals surface area contributed by atoms with Crippen molar-refractivity contribution in [3.8, 4) is 0 Å². The van der Waals surface area contributed by atoms with E-state index in [1.807, 2.05) is 0 Å². The molecule has 0 aromatic heterocycles. The molecule has 3 nitrogen and oxygen atoms in total. The third-order valence-corrected chi connectivity index (χ3v) is 1.49. The fraction of sp³-hybridized carbons (Fsp3) is 0.833. The van der Waals surface area contributed by atoms with Gasteiger partial charge in [-0.15, -0.1) is 0 Å². The van der Waals surface area contributed by atoms with Crippen molar-refractivity contribution < 1.29 is 14.6 Å². The molecule has 1 rings (SSSR count). The summed E-state index contributed by atoms with van der Waals surface area (Å²) < 4.78 is 4.92. The second kappa shape index (κ2) is 2.82. The molecule has 0 aliphatic carbocycles. The van der Waals surface area contributed by atoms with Crippen molar-refractivity contribution in [3.05, 3.63) is 0 Å². The predicted octanol–water partition coefficient (Wildman–Crippen LogP) is -0.837. The van der Waals surface area contributed by atoms with E-state index in [0.717, 1.165) is 6.42 Å². The van der Waals surface area contributed by atoms with E-state index in [0.29, 0.717) is 19.6 Å². The normalized spacial score (nSPS) is 27.8. The summed E-state index contributed by atoms with van der Waals surface area (Å²) in [5.74, 6) is -1.34. The molecule has 1 saturated heterocycles. The van der Waals surface area contributed by atoms with Crippen LogP contribution in [0.5, 0.6) is 0 Å². The molecule has 0 amide bonds. The topological polar surface area (TPSA) is 49.4 Å². The lowest BCUT2D eigenvalue weighted by molar-refractivity contribution is -0.314. The SMILES string of the molecule is O=C([O-])C1CCCOC1. The highest BCUT2D eigenvalue weighted by molar-refractivity contribution is 5.67. The second-order valence-electron chi connectivity index (χ2n) is 2.23. The zero-order valence-electron chi connectivity index (χ0n) is 5.13. The molecule has 3 heteroatoms. The van der Waals surface area contributed by atoms with Gasteiger partial charge in [0.2, 0.25) is 0 Å². The Kier molecular flexibility index (Phi) is 2.05. The maximum atomic E-state index is 10.2. The average molecular weight is 129 g/mol. The number of hydrogen-bond acceptors (Lipinski definition) is 3.